The summed E-state index contributed by atoms with van der Waals surface area (Å²) in [6.07, 6.45) is 3.22. The Morgan fingerprint density at radius 3 is 2.13 bits per heavy atom. The van der Waals surface area contributed by atoms with Gasteiger partial charge >= 0.3 is 5.69 Å². The van der Waals surface area contributed by atoms with Gasteiger partial charge < -0.3 is 28.6 Å². The molecule has 0 radical (unpaired) electrons. The largest absolute Gasteiger partial charge is 0.491 e. The molecule has 0 N–H and O–H groups in total. The third-order valence-corrected chi connectivity index (χ3v) is 11.5. The van der Waals surface area contributed by atoms with Crippen molar-refractivity contribution in [2.45, 2.75) is 43.4 Å². The van der Waals surface area contributed by atoms with Gasteiger partial charge in [-0.3, -0.25) is 0 Å². The predicted octanol–water partition coefficient (Wildman–Crippen LogP) is 4.23. The summed E-state index contributed by atoms with van der Waals surface area (Å²) in [4.78, 5) is 17.5. The Morgan fingerprint density at radius 2 is 1.54 bits per heavy atom. The highest BCUT2D eigenvalue weighted by Gasteiger charge is 2.48. The van der Waals surface area contributed by atoms with Crippen LogP contribution in [0.3, 0.4) is 0 Å². The van der Waals surface area contributed by atoms with E-state index in [1.807, 2.05) is 50.2 Å². The van der Waals surface area contributed by atoms with Crippen LogP contribution in [0.25, 0.3) is 5.69 Å². The van der Waals surface area contributed by atoms with Crippen LogP contribution in [0.4, 0.5) is 11.4 Å². The average molecular weight is 749 g/mol. The number of nitrogens with zero attached hydrogens (tertiary/aromatic N) is 8. The van der Waals surface area contributed by atoms with Gasteiger partial charge in [-0.25, -0.2) is 22.5 Å². The van der Waals surface area contributed by atoms with Crippen LogP contribution in [-0.2, 0) is 32.1 Å². The fourth-order valence-corrected chi connectivity index (χ4v) is 8.22. The van der Waals surface area contributed by atoms with E-state index in [2.05, 4.69) is 37.2 Å². The van der Waals surface area contributed by atoms with Crippen molar-refractivity contribution in [3.05, 3.63) is 107 Å². The minimum atomic E-state index is -3.95. The minimum absolute atomic E-state index is 0.0501. The molecule has 0 spiro atoms. The highest BCUT2D eigenvalue weighted by molar-refractivity contribution is 7.91. The molecule has 4 heterocycles. The smallest absolute Gasteiger partial charge is 0.350 e. The van der Waals surface area contributed by atoms with Gasteiger partial charge in [0, 0.05) is 55.2 Å². The second-order valence-corrected chi connectivity index (χ2v) is 15.4. The van der Waals surface area contributed by atoms with Crippen LogP contribution in [0.15, 0.2) is 95.4 Å². The molecule has 0 aliphatic carbocycles. The molecule has 0 bridgehead atoms. The lowest BCUT2D eigenvalue weighted by atomic mass is 10.1. The van der Waals surface area contributed by atoms with E-state index in [9.17, 15) is 13.2 Å². The fraction of sp³-hybridized carbons (Fsp3) is 0.389. The van der Waals surface area contributed by atoms with E-state index in [4.69, 9.17) is 25.8 Å². The number of piperazine rings is 1. The summed E-state index contributed by atoms with van der Waals surface area (Å²) in [5, 5.41) is 12.1. The van der Waals surface area contributed by atoms with E-state index in [1.165, 1.54) is 15.6 Å². The molecular formula is C36H41ClN8O6S. The van der Waals surface area contributed by atoms with Gasteiger partial charge in [0.15, 0.2) is 0 Å². The third kappa shape index (κ3) is 7.31. The Kier molecular flexibility index (Phi) is 10.1. The molecule has 5 aromatic rings. The molecule has 14 nitrogen and oxygen atoms in total. The van der Waals surface area contributed by atoms with E-state index >= 15 is 0 Å². The van der Waals surface area contributed by atoms with Crippen LogP contribution in [0.2, 0.25) is 5.02 Å². The molecule has 0 amide bonds. The van der Waals surface area contributed by atoms with Gasteiger partial charge in [-0.1, -0.05) is 30.7 Å². The second-order valence-electron chi connectivity index (χ2n) is 13.1. The number of aromatic nitrogens is 6. The monoisotopic (exact) mass is 748 g/mol. The van der Waals surface area contributed by atoms with Gasteiger partial charge in [0.25, 0.3) is 0 Å². The summed E-state index contributed by atoms with van der Waals surface area (Å²) in [5.74, 6) is -1.41. The zero-order valence-corrected chi connectivity index (χ0v) is 30.8. The van der Waals surface area contributed by atoms with Crippen LogP contribution < -0.4 is 20.2 Å². The van der Waals surface area contributed by atoms with Crippen molar-refractivity contribution in [1.29, 1.82) is 0 Å². The molecule has 3 atom stereocenters. The van der Waals surface area contributed by atoms with Gasteiger partial charge in [-0.2, -0.15) is 5.10 Å². The van der Waals surface area contributed by atoms with Crippen molar-refractivity contribution in [2.24, 2.45) is 7.05 Å². The number of benzene rings is 3. The first-order valence-electron chi connectivity index (χ1n) is 17.2. The zero-order valence-electron chi connectivity index (χ0n) is 29.2. The van der Waals surface area contributed by atoms with E-state index in [-0.39, 0.29) is 30.1 Å². The van der Waals surface area contributed by atoms with E-state index < -0.39 is 27.5 Å². The first-order chi connectivity index (χ1) is 25.0. The summed E-state index contributed by atoms with van der Waals surface area (Å²) in [6.45, 7) is 7.71. The molecule has 52 heavy (non-hydrogen) atoms. The Labute approximate surface area is 307 Å². The number of aryl methyl sites for hydroxylation is 1. The maximum atomic E-state index is 13.4. The number of rotatable bonds is 12. The van der Waals surface area contributed by atoms with Crippen LogP contribution in [0.5, 0.6) is 5.75 Å². The number of halogens is 1. The molecule has 1 unspecified atom stereocenters. The molecule has 2 aromatic heterocycles. The molecule has 2 aliphatic heterocycles. The molecule has 274 valence electrons. The van der Waals surface area contributed by atoms with Crippen LogP contribution in [0, 0.1) is 0 Å². The summed E-state index contributed by atoms with van der Waals surface area (Å²) in [5.41, 5.74) is 3.39. The van der Waals surface area contributed by atoms with Gasteiger partial charge in [0.1, 0.15) is 36.9 Å². The Balaban J connectivity index is 0.937. The molecule has 0 saturated carbocycles. The summed E-state index contributed by atoms with van der Waals surface area (Å²) in [6, 6.07) is 22.7. The third-order valence-electron chi connectivity index (χ3n) is 9.58. The molecule has 7 rings (SSSR count). The maximum absolute atomic E-state index is 13.4. The van der Waals surface area contributed by atoms with Crippen LogP contribution in [-0.4, -0.2) is 88.8 Å². The van der Waals surface area contributed by atoms with Crippen molar-refractivity contribution >= 4 is 32.8 Å². The molecule has 16 heteroatoms. The molecular weight excluding hydrogens is 708 g/mol. The lowest BCUT2D eigenvalue weighted by molar-refractivity contribution is -0.161. The summed E-state index contributed by atoms with van der Waals surface area (Å²) < 4.78 is 49.8. The highest BCUT2D eigenvalue weighted by atomic mass is 35.5. The van der Waals surface area contributed by atoms with Crippen molar-refractivity contribution in [3.8, 4) is 11.4 Å². The number of sulfone groups is 1. The molecule has 2 aliphatic rings. The van der Waals surface area contributed by atoms with Crippen molar-refractivity contribution in [1.82, 2.24) is 29.1 Å². The molecule has 2 saturated heterocycles. The Hall–Kier alpha value is -4.70. The molecule has 3 aromatic carbocycles. The first kappa shape index (κ1) is 35.7. The summed E-state index contributed by atoms with van der Waals surface area (Å²) >= 11 is 6.12. The van der Waals surface area contributed by atoms with E-state index in [1.54, 1.807) is 42.2 Å². The van der Waals surface area contributed by atoms with Crippen molar-refractivity contribution in [3.63, 3.8) is 0 Å². The van der Waals surface area contributed by atoms with Crippen LogP contribution >= 0.6 is 11.6 Å². The normalized spacial score (nSPS) is 20.0. The standard InChI is InChI=1S/C36H41ClN8O6S/c1-4-26(2)45-35(46)44(25-39-45)31-11-9-29(10-12-31)42-17-19-43(20-18-42)30-13-15-32(16-14-30)49-21-33-22-50-36(51-33,27-5-7-28(37)8-6-27)23-52(47,48)34-40-38-24-41(34)3/h5-16,24-26,33H,4,17-23H2,1-3H3/t26?,33-,36+/m1/s1. The average Bonchev–Trinajstić information content (AvgIpc) is 3.90. The fourth-order valence-electron chi connectivity index (χ4n) is 6.49. The first-order valence-corrected chi connectivity index (χ1v) is 19.2. The Bertz CT molecular complexity index is 2150. The van der Waals surface area contributed by atoms with Crippen molar-refractivity contribution < 1.29 is 22.6 Å². The van der Waals surface area contributed by atoms with Gasteiger partial charge in [0.2, 0.25) is 20.8 Å². The lowest BCUT2D eigenvalue weighted by Gasteiger charge is -2.37. The topological polar surface area (TPSA) is 139 Å². The predicted molar refractivity (Wildman–Crippen MR) is 196 cm³/mol. The van der Waals surface area contributed by atoms with Gasteiger partial charge in [0.05, 0.1) is 18.3 Å². The van der Waals surface area contributed by atoms with E-state index in [0.29, 0.717) is 16.3 Å². The highest BCUT2D eigenvalue weighted by Crippen LogP contribution is 2.38. The zero-order chi connectivity index (χ0) is 36.5. The van der Waals surface area contributed by atoms with E-state index in [0.717, 1.165) is 49.7 Å². The van der Waals surface area contributed by atoms with Gasteiger partial charge in [-0.15, -0.1) is 10.2 Å². The molecule has 2 fully saturated rings. The quantitative estimate of drug-likeness (QED) is 0.181. The lowest BCUT2D eigenvalue weighted by Crippen LogP contribution is -2.46. The van der Waals surface area contributed by atoms with Gasteiger partial charge in [-0.05, 0) is 74.0 Å². The number of anilines is 2. The number of hydrogen-bond acceptors (Lipinski definition) is 11. The number of ether oxygens (including phenoxy) is 3. The van der Waals surface area contributed by atoms with Crippen molar-refractivity contribution in [2.75, 3.05) is 54.9 Å². The second kappa shape index (κ2) is 14.7. The Morgan fingerprint density at radius 1 is 0.923 bits per heavy atom. The minimum Gasteiger partial charge on any atom is -0.491 e. The SMILES string of the molecule is CCC(C)n1ncn(-c2ccc(N3CCN(c4ccc(OC[C@@H]5CO[C@](CS(=O)(=O)c6nncn6C)(c6ccc(Cl)cc6)O5)cc4)CC3)cc2)c1=O. The van der Waals surface area contributed by atoms with Crippen LogP contribution in [0.1, 0.15) is 31.9 Å². The number of hydrogen-bond donors (Lipinski definition) is 0. The summed E-state index contributed by atoms with van der Waals surface area (Å²) in [7, 11) is -2.38. The maximum Gasteiger partial charge on any atom is 0.350 e.